The molecular weight excluding hydrogens is 332 g/mol. The van der Waals surface area contributed by atoms with Crippen molar-refractivity contribution in [2.24, 2.45) is 5.41 Å². The van der Waals surface area contributed by atoms with E-state index in [0.717, 1.165) is 0 Å². The molecule has 1 saturated heterocycles. The zero-order valence-electron chi connectivity index (χ0n) is 15.7. The van der Waals surface area contributed by atoms with Gasteiger partial charge < -0.3 is 15.4 Å². The van der Waals surface area contributed by atoms with Gasteiger partial charge in [0.05, 0.1) is 6.10 Å². The third-order valence-electron chi connectivity index (χ3n) is 4.64. The monoisotopic (exact) mass is 360 g/mol. The van der Waals surface area contributed by atoms with Crippen LogP contribution in [0, 0.1) is 5.41 Å². The number of carbonyl (C=O) groups excluding carboxylic acids is 3. The maximum absolute atomic E-state index is 12.3. The summed E-state index contributed by atoms with van der Waals surface area (Å²) in [7, 11) is 0. The Bertz CT molecular complexity index is 642. The van der Waals surface area contributed by atoms with Crippen molar-refractivity contribution >= 4 is 17.6 Å². The van der Waals surface area contributed by atoms with Crippen LogP contribution in [0.25, 0.3) is 0 Å². The second kappa shape index (κ2) is 8.94. The van der Waals surface area contributed by atoms with Gasteiger partial charge in [0.15, 0.2) is 5.78 Å². The Morgan fingerprint density at radius 2 is 1.92 bits per heavy atom. The van der Waals surface area contributed by atoms with Crippen molar-refractivity contribution in [2.45, 2.75) is 52.2 Å². The van der Waals surface area contributed by atoms with Crippen LogP contribution >= 0.6 is 0 Å². The van der Waals surface area contributed by atoms with Crippen LogP contribution in [-0.2, 0) is 14.3 Å². The lowest BCUT2D eigenvalue weighted by Crippen LogP contribution is -2.45. The highest BCUT2D eigenvalue weighted by Crippen LogP contribution is 2.25. The van der Waals surface area contributed by atoms with Gasteiger partial charge in [-0.15, -0.1) is 0 Å². The largest absolute Gasteiger partial charge is 0.368 e. The second-order valence-electron chi connectivity index (χ2n) is 7.48. The number of Topliss-reactive ketones (excluding diaryl/α,β-unsaturated/α-hetero) is 1. The smallest absolute Gasteiger partial charge is 0.251 e. The van der Waals surface area contributed by atoms with Gasteiger partial charge in [-0.25, -0.2) is 0 Å². The van der Waals surface area contributed by atoms with Gasteiger partial charge in [0.2, 0.25) is 5.91 Å². The molecule has 2 unspecified atom stereocenters. The van der Waals surface area contributed by atoms with Crippen LogP contribution < -0.4 is 10.6 Å². The van der Waals surface area contributed by atoms with E-state index in [4.69, 9.17) is 4.74 Å². The summed E-state index contributed by atoms with van der Waals surface area (Å²) < 4.78 is 5.38. The third-order valence-corrected chi connectivity index (χ3v) is 4.64. The van der Waals surface area contributed by atoms with Crippen LogP contribution in [0.2, 0.25) is 0 Å². The number of nitrogens with one attached hydrogen (secondary N) is 2. The summed E-state index contributed by atoms with van der Waals surface area (Å²) in [5.74, 6) is -0.352. The lowest BCUT2D eigenvalue weighted by Gasteiger charge is -2.25. The van der Waals surface area contributed by atoms with Crippen LogP contribution in [0.3, 0.4) is 0 Å². The van der Waals surface area contributed by atoms with E-state index in [1.165, 1.54) is 0 Å². The average molecular weight is 360 g/mol. The Morgan fingerprint density at radius 1 is 1.23 bits per heavy atom. The maximum atomic E-state index is 12.3. The second-order valence-corrected chi connectivity index (χ2v) is 7.48. The molecule has 0 saturated carbocycles. The zero-order chi connectivity index (χ0) is 19.2. The van der Waals surface area contributed by atoms with Gasteiger partial charge in [0.25, 0.3) is 5.91 Å². The van der Waals surface area contributed by atoms with E-state index >= 15 is 0 Å². The number of ether oxygens (including phenoxy) is 1. The highest BCUT2D eigenvalue weighted by Gasteiger charge is 2.36. The maximum Gasteiger partial charge on any atom is 0.251 e. The molecule has 6 nitrogen and oxygen atoms in total. The molecule has 2 rings (SSSR count). The number of carbonyl (C=O) groups is 3. The first-order valence-electron chi connectivity index (χ1n) is 9.09. The minimum Gasteiger partial charge on any atom is -0.368 e. The van der Waals surface area contributed by atoms with Crippen molar-refractivity contribution in [1.29, 1.82) is 0 Å². The molecule has 0 aliphatic carbocycles. The molecule has 0 spiro atoms. The van der Waals surface area contributed by atoms with Gasteiger partial charge in [-0.1, -0.05) is 39.0 Å². The molecule has 142 valence electrons. The molecule has 1 heterocycles. The first-order chi connectivity index (χ1) is 12.3. The average Bonchev–Trinajstić information content (AvgIpc) is 2.94. The van der Waals surface area contributed by atoms with Gasteiger partial charge in [-0.3, -0.25) is 14.4 Å². The fourth-order valence-electron chi connectivity index (χ4n) is 3.06. The van der Waals surface area contributed by atoms with E-state index in [-0.39, 0.29) is 42.1 Å². The van der Waals surface area contributed by atoms with Crippen LogP contribution in [0.4, 0.5) is 0 Å². The fraction of sp³-hybridized carbons (Fsp3) is 0.550. The predicted molar refractivity (Wildman–Crippen MR) is 98.8 cm³/mol. The summed E-state index contributed by atoms with van der Waals surface area (Å²) in [6.07, 6.45) is 1.39. The molecular formula is C20H28N2O4. The minimum atomic E-state index is -0.541. The highest BCUT2D eigenvalue weighted by atomic mass is 16.5. The predicted octanol–water partition coefficient (Wildman–Crippen LogP) is 2.09. The lowest BCUT2D eigenvalue weighted by molar-refractivity contribution is -0.127. The summed E-state index contributed by atoms with van der Waals surface area (Å²) in [5, 5.41) is 5.69. The van der Waals surface area contributed by atoms with Gasteiger partial charge in [-0.2, -0.15) is 0 Å². The van der Waals surface area contributed by atoms with Gasteiger partial charge in [0.1, 0.15) is 12.6 Å². The van der Waals surface area contributed by atoms with Gasteiger partial charge >= 0.3 is 0 Å². The molecule has 0 radical (unpaired) electrons. The van der Waals surface area contributed by atoms with Crippen molar-refractivity contribution in [3.63, 3.8) is 0 Å². The number of ketones is 1. The molecule has 1 aliphatic rings. The van der Waals surface area contributed by atoms with E-state index in [2.05, 4.69) is 10.6 Å². The van der Waals surface area contributed by atoms with E-state index < -0.39 is 6.04 Å². The Kier molecular flexibility index (Phi) is 6.91. The van der Waals surface area contributed by atoms with E-state index in [9.17, 15) is 14.4 Å². The summed E-state index contributed by atoms with van der Waals surface area (Å²) in [4.78, 5) is 36.2. The Hall–Kier alpha value is -2.21. The SMILES string of the molecule is CCC1OCC(=O)C1NC(=O)CC(C)(C)CCNC(=O)c1ccccc1. The normalized spacial score (nSPS) is 20.0. The van der Waals surface area contributed by atoms with Gasteiger partial charge in [-0.05, 0) is 30.4 Å². The topological polar surface area (TPSA) is 84.5 Å². The molecule has 2 N–H and O–H groups in total. The summed E-state index contributed by atoms with van der Waals surface area (Å²) in [6, 6.07) is 8.49. The summed E-state index contributed by atoms with van der Waals surface area (Å²) in [6.45, 7) is 6.44. The quantitative estimate of drug-likeness (QED) is 0.743. The van der Waals surface area contributed by atoms with Crippen LogP contribution in [0.1, 0.15) is 50.4 Å². The molecule has 0 bridgehead atoms. The van der Waals surface area contributed by atoms with Crippen LogP contribution in [0.15, 0.2) is 30.3 Å². The molecule has 0 aromatic heterocycles. The zero-order valence-corrected chi connectivity index (χ0v) is 15.7. The van der Waals surface area contributed by atoms with Crippen LogP contribution in [0.5, 0.6) is 0 Å². The third kappa shape index (κ3) is 5.66. The number of amides is 2. The van der Waals surface area contributed by atoms with E-state index in [1.807, 2.05) is 39.0 Å². The molecule has 1 aromatic rings. The molecule has 2 atom stereocenters. The standard InChI is InChI=1S/C20H28N2O4/c1-4-16-18(15(23)13-26-16)22-17(24)12-20(2,3)10-11-21-19(25)14-8-6-5-7-9-14/h5-9,16,18H,4,10-13H2,1-3H3,(H,21,25)(H,22,24). The van der Waals surface area contributed by atoms with E-state index in [1.54, 1.807) is 12.1 Å². The first-order valence-corrected chi connectivity index (χ1v) is 9.09. The summed E-state index contributed by atoms with van der Waals surface area (Å²) >= 11 is 0. The number of hydrogen-bond acceptors (Lipinski definition) is 4. The van der Waals surface area contributed by atoms with Crippen molar-refractivity contribution < 1.29 is 19.1 Å². The number of benzene rings is 1. The van der Waals surface area contributed by atoms with Crippen LogP contribution in [-0.4, -0.2) is 42.9 Å². The Labute approximate surface area is 154 Å². The Morgan fingerprint density at radius 3 is 2.58 bits per heavy atom. The lowest BCUT2D eigenvalue weighted by atomic mass is 9.85. The van der Waals surface area contributed by atoms with E-state index in [0.29, 0.717) is 24.9 Å². The molecule has 1 fully saturated rings. The molecule has 1 aliphatic heterocycles. The number of rotatable bonds is 8. The Balaban J connectivity index is 1.77. The van der Waals surface area contributed by atoms with Crippen molar-refractivity contribution in [3.8, 4) is 0 Å². The van der Waals surface area contributed by atoms with Gasteiger partial charge in [0, 0.05) is 18.5 Å². The van der Waals surface area contributed by atoms with Crippen molar-refractivity contribution in [3.05, 3.63) is 35.9 Å². The van der Waals surface area contributed by atoms with Crippen molar-refractivity contribution in [1.82, 2.24) is 10.6 Å². The minimum absolute atomic E-state index is 0.0678. The molecule has 26 heavy (non-hydrogen) atoms. The molecule has 6 heteroatoms. The fourth-order valence-corrected chi connectivity index (χ4v) is 3.06. The first kappa shape index (κ1) is 20.1. The highest BCUT2D eigenvalue weighted by molar-refractivity contribution is 5.94. The molecule has 2 amide bonds. The molecule has 1 aromatic carbocycles. The summed E-state index contributed by atoms with van der Waals surface area (Å²) in [5.41, 5.74) is 0.326. The number of hydrogen-bond donors (Lipinski definition) is 2. The van der Waals surface area contributed by atoms with Crippen molar-refractivity contribution in [2.75, 3.05) is 13.2 Å².